The van der Waals surface area contributed by atoms with Gasteiger partial charge in [-0.05, 0) is 18.6 Å². The molecule has 0 aromatic heterocycles. The lowest BCUT2D eigenvalue weighted by molar-refractivity contribution is -0.124. The Kier molecular flexibility index (Phi) is 5.03. The number of halogens is 2. The lowest BCUT2D eigenvalue weighted by Gasteiger charge is -2.16. The summed E-state index contributed by atoms with van der Waals surface area (Å²) >= 11 is 11.7. The number of hydrogen-bond donors (Lipinski definition) is 2. The van der Waals surface area contributed by atoms with Gasteiger partial charge in [0.25, 0.3) is 5.91 Å². The van der Waals surface area contributed by atoms with Crippen LogP contribution in [0, 0.1) is 0 Å². The predicted molar refractivity (Wildman–Crippen MR) is 71.7 cm³/mol. The van der Waals surface area contributed by atoms with Crippen molar-refractivity contribution in [1.29, 1.82) is 0 Å². The van der Waals surface area contributed by atoms with E-state index in [9.17, 15) is 13.2 Å². The minimum absolute atomic E-state index is 0.0599. The van der Waals surface area contributed by atoms with Crippen LogP contribution < -0.4 is 15.6 Å². The van der Waals surface area contributed by atoms with Gasteiger partial charge in [-0.15, -0.1) is 0 Å². The van der Waals surface area contributed by atoms with Gasteiger partial charge in [0.1, 0.15) is 15.7 Å². The van der Waals surface area contributed by atoms with E-state index in [0.29, 0.717) is 6.42 Å². The first-order chi connectivity index (χ1) is 8.68. The zero-order valence-electron chi connectivity index (χ0n) is 9.89. The van der Waals surface area contributed by atoms with Gasteiger partial charge < -0.3 is 10.5 Å². The van der Waals surface area contributed by atoms with Gasteiger partial charge in [-0.1, -0.05) is 30.1 Å². The van der Waals surface area contributed by atoms with Crippen molar-refractivity contribution in [1.82, 2.24) is 0 Å². The van der Waals surface area contributed by atoms with Crippen molar-refractivity contribution in [2.45, 2.75) is 24.3 Å². The van der Waals surface area contributed by atoms with Crippen LogP contribution in [-0.4, -0.2) is 20.4 Å². The third kappa shape index (κ3) is 3.73. The number of rotatable bonds is 5. The van der Waals surface area contributed by atoms with Crippen LogP contribution in [0.3, 0.4) is 0 Å². The van der Waals surface area contributed by atoms with Gasteiger partial charge in [-0.2, -0.15) is 0 Å². The summed E-state index contributed by atoms with van der Waals surface area (Å²) in [6, 6.07) is 2.41. The Morgan fingerprint density at radius 2 is 1.95 bits per heavy atom. The molecule has 0 aliphatic rings. The molecule has 0 aliphatic heterocycles. The van der Waals surface area contributed by atoms with Gasteiger partial charge in [-0.3, -0.25) is 4.79 Å². The topological polar surface area (TPSA) is 112 Å². The molecule has 6 nitrogen and oxygen atoms in total. The molecule has 0 radical (unpaired) electrons. The van der Waals surface area contributed by atoms with Gasteiger partial charge >= 0.3 is 0 Å². The molecular formula is C10H12Cl2N2O4S. The Bertz CT molecular complexity index is 604. The Balaban J connectivity index is 3.21. The van der Waals surface area contributed by atoms with Crippen LogP contribution in [0.4, 0.5) is 0 Å². The van der Waals surface area contributed by atoms with Crippen molar-refractivity contribution in [3.63, 3.8) is 0 Å². The molecule has 1 aromatic carbocycles. The molecule has 1 unspecified atom stereocenters. The molecule has 1 aromatic rings. The number of amides is 1. The number of sulfonamides is 1. The van der Waals surface area contributed by atoms with E-state index >= 15 is 0 Å². The zero-order valence-corrected chi connectivity index (χ0v) is 12.2. The highest BCUT2D eigenvalue weighted by Crippen LogP contribution is 2.36. The van der Waals surface area contributed by atoms with E-state index in [1.165, 1.54) is 6.07 Å². The summed E-state index contributed by atoms with van der Waals surface area (Å²) in [7, 11) is -3.99. The minimum Gasteiger partial charge on any atom is -0.479 e. The molecule has 9 heteroatoms. The number of primary amides is 1. The average molecular weight is 327 g/mol. The average Bonchev–Trinajstić information content (AvgIpc) is 2.28. The summed E-state index contributed by atoms with van der Waals surface area (Å²) in [4.78, 5) is 10.7. The Hall–Kier alpha value is -1.02. The predicted octanol–water partition coefficient (Wildman–Crippen LogP) is 1.28. The van der Waals surface area contributed by atoms with Gasteiger partial charge in [0.05, 0.1) is 5.02 Å². The number of carbonyl (C=O) groups is 1. The Morgan fingerprint density at radius 3 is 2.37 bits per heavy atom. The van der Waals surface area contributed by atoms with Gasteiger partial charge in [0.15, 0.2) is 6.10 Å². The van der Waals surface area contributed by atoms with Crippen molar-refractivity contribution in [2.75, 3.05) is 0 Å². The van der Waals surface area contributed by atoms with Crippen molar-refractivity contribution in [2.24, 2.45) is 10.9 Å². The molecule has 0 aliphatic carbocycles. The molecule has 0 spiro atoms. The number of benzene rings is 1. The molecule has 1 rings (SSSR count). The molecular weight excluding hydrogens is 315 g/mol. The summed E-state index contributed by atoms with van der Waals surface area (Å²) in [5.41, 5.74) is 5.13. The summed E-state index contributed by atoms with van der Waals surface area (Å²) in [5, 5.41) is 4.56. The van der Waals surface area contributed by atoms with E-state index in [1.54, 1.807) is 6.92 Å². The smallest absolute Gasteiger partial charge is 0.258 e. The largest absolute Gasteiger partial charge is 0.479 e. The van der Waals surface area contributed by atoms with E-state index < -0.39 is 22.0 Å². The highest BCUT2D eigenvalue weighted by atomic mass is 35.5. The molecule has 0 saturated carbocycles. The van der Waals surface area contributed by atoms with Crippen LogP contribution in [0.25, 0.3) is 0 Å². The van der Waals surface area contributed by atoms with Crippen LogP contribution in [0.1, 0.15) is 13.3 Å². The molecule has 19 heavy (non-hydrogen) atoms. The third-order valence-electron chi connectivity index (χ3n) is 2.28. The highest BCUT2D eigenvalue weighted by molar-refractivity contribution is 7.89. The van der Waals surface area contributed by atoms with Crippen LogP contribution in [-0.2, 0) is 14.8 Å². The van der Waals surface area contributed by atoms with E-state index in [-0.39, 0.29) is 20.7 Å². The Morgan fingerprint density at radius 1 is 1.37 bits per heavy atom. The normalized spacial score (nSPS) is 13.1. The quantitative estimate of drug-likeness (QED) is 0.848. The molecule has 1 amide bonds. The first-order valence-corrected chi connectivity index (χ1v) is 7.45. The second-order valence-corrected chi connectivity index (χ2v) is 5.94. The summed E-state index contributed by atoms with van der Waals surface area (Å²) in [5.74, 6) is -0.602. The maximum Gasteiger partial charge on any atom is 0.258 e. The SMILES string of the molecule is CCC(Oc1ccc(S(N)(=O)=O)c(Cl)c1Cl)C(N)=O. The molecule has 106 valence electrons. The lowest BCUT2D eigenvalue weighted by Crippen LogP contribution is -2.33. The van der Waals surface area contributed by atoms with Gasteiger partial charge in [0, 0.05) is 0 Å². The number of hydrogen-bond acceptors (Lipinski definition) is 4. The molecule has 0 saturated heterocycles. The number of primary sulfonamides is 1. The summed E-state index contributed by atoms with van der Waals surface area (Å²) in [6.07, 6.45) is -0.547. The highest BCUT2D eigenvalue weighted by Gasteiger charge is 2.21. The molecule has 0 heterocycles. The molecule has 1 atom stereocenters. The van der Waals surface area contributed by atoms with Crippen LogP contribution >= 0.6 is 23.2 Å². The van der Waals surface area contributed by atoms with Crippen LogP contribution in [0.2, 0.25) is 10.0 Å². The van der Waals surface area contributed by atoms with E-state index in [4.69, 9.17) is 38.8 Å². The van der Waals surface area contributed by atoms with E-state index in [0.717, 1.165) is 6.07 Å². The van der Waals surface area contributed by atoms with Crippen molar-refractivity contribution >= 4 is 39.1 Å². The minimum atomic E-state index is -3.99. The van der Waals surface area contributed by atoms with Gasteiger partial charge in [0.2, 0.25) is 10.0 Å². The number of ether oxygens (including phenoxy) is 1. The van der Waals surface area contributed by atoms with Gasteiger partial charge in [-0.25, -0.2) is 13.6 Å². The molecule has 4 N–H and O–H groups in total. The second-order valence-electron chi connectivity index (χ2n) is 3.65. The Labute approximate surface area is 120 Å². The molecule has 0 fully saturated rings. The number of carbonyl (C=O) groups excluding carboxylic acids is 1. The number of nitrogens with two attached hydrogens (primary N) is 2. The fraction of sp³-hybridized carbons (Fsp3) is 0.300. The summed E-state index contributed by atoms with van der Waals surface area (Å²) in [6.45, 7) is 1.70. The summed E-state index contributed by atoms with van der Waals surface area (Å²) < 4.78 is 27.7. The third-order valence-corrected chi connectivity index (χ3v) is 4.21. The second kappa shape index (κ2) is 5.96. The standard InChI is InChI=1S/C10H12Cl2N2O4S/c1-2-5(10(13)15)18-6-3-4-7(19(14,16)17)9(12)8(6)11/h3-5H,2H2,1H3,(H2,13,15)(H2,14,16,17). The fourth-order valence-corrected chi connectivity index (χ4v) is 2.67. The van der Waals surface area contributed by atoms with E-state index in [2.05, 4.69) is 0 Å². The van der Waals surface area contributed by atoms with Crippen molar-refractivity contribution in [3.05, 3.63) is 22.2 Å². The monoisotopic (exact) mass is 326 g/mol. The zero-order chi connectivity index (χ0) is 14.8. The van der Waals surface area contributed by atoms with Crippen molar-refractivity contribution < 1.29 is 17.9 Å². The van der Waals surface area contributed by atoms with Crippen LogP contribution in [0.15, 0.2) is 17.0 Å². The molecule has 0 bridgehead atoms. The maximum atomic E-state index is 11.2. The van der Waals surface area contributed by atoms with Crippen molar-refractivity contribution in [3.8, 4) is 5.75 Å². The first-order valence-electron chi connectivity index (χ1n) is 5.15. The first kappa shape index (κ1) is 16.0. The fourth-order valence-electron chi connectivity index (χ4n) is 1.32. The van der Waals surface area contributed by atoms with Crippen LogP contribution in [0.5, 0.6) is 5.75 Å². The lowest BCUT2D eigenvalue weighted by atomic mass is 10.2. The maximum absolute atomic E-state index is 11.2. The van der Waals surface area contributed by atoms with E-state index in [1.807, 2.05) is 0 Å².